The Labute approximate surface area is 153 Å². The van der Waals surface area contributed by atoms with Crippen LogP contribution >= 0.6 is 11.5 Å². The van der Waals surface area contributed by atoms with Crippen molar-refractivity contribution in [3.05, 3.63) is 65.1 Å². The van der Waals surface area contributed by atoms with Gasteiger partial charge in [0.25, 0.3) is 0 Å². The van der Waals surface area contributed by atoms with Crippen LogP contribution in [-0.2, 0) is 10.0 Å². The first-order valence-corrected chi connectivity index (χ1v) is 10.3. The number of sulfonamides is 1. The maximum absolute atomic E-state index is 13.1. The number of aromatic nitrogens is 2. The molecule has 0 saturated carbocycles. The predicted octanol–water partition coefficient (Wildman–Crippen LogP) is 3.24. The molecule has 0 radical (unpaired) electrons. The summed E-state index contributed by atoms with van der Waals surface area (Å²) in [6, 6.07) is 12.2. The number of nitrogens with zero attached hydrogens (tertiary/aromatic N) is 2. The molecule has 6 nitrogen and oxygen atoms in total. The Bertz CT molecular complexity index is 1300. The third-order valence-electron chi connectivity index (χ3n) is 3.91. The van der Waals surface area contributed by atoms with Crippen LogP contribution in [0.2, 0.25) is 0 Å². The fraction of sp³-hybridized carbons (Fsp3) is 0.0556. The second kappa shape index (κ2) is 6.15. The lowest BCUT2D eigenvalue weighted by molar-refractivity contribution is 0.607. The number of hydrogen-bond donors (Lipinski definition) is 1. The van der Waals surface area contributed by atoms with Crippen LogP contribution in [0.4, 0.5) is 5.69 Å². The minimum absolute atomic E-state index is 0.198. The van der Waals surface area contributed by atoms with Gasteiger partial charge in [0, 0.05) is 34.4 Å². The van der Waals surface area contributed by atoms with Crippen molar-refractivity contribution in [2.75, 3.05) is 11.0 Å². The van der Waals surface area contributed by atoms with Gasteiger partial charge in [0.1, 0.15) is 0 Å². The van der Waals surface area contributed by atoms with Gasteiger partial charge in [0.15, 0.2) is 5.43 Å². The van der Waals surface area contributed by atoms with E-state index in [-0.39, 0.29) is 5.43 Å². The monoisotopic (exact) mass is 383 g/mol. The molecular weight excluding hydrogens is 370 g/mol. The SMILES string of the molecule is CS(=O)(=O)Nc1ccc2ccc3ncc(-c4ccns4)cc3c(=O)c2c1. The van der Waals surface area contributed by atoms with Crippen molar-refractivity contribution in [3.8, 4) is 10.4 Å². The Morgan fingerprint density at radius 3 is 2.58 bits per heavy atom. The zero-order valence-corrected chi connectivity index (χ0v) is 15.3. The Balaban J connectivity index is 2.01. The largest absolute Gasteiger partial charge is 0.289 e. The number of anilines is 1. The van der Waals surface area contributed by atoms with Gasteiger partial charge in [-0.25, -0.2) is 12.8 Å². The summed E-state index contributed by atoms with van der Waals surface area (Å²) in [5, 5.41) is 1.62. The van der Waals surface area contributed by atoms with Gasteiger partial charge in [-0.2, -0.15) is 0 Å². The average Bonchev–Trinajstić information content (AvgIpc) is 3.09. The number of nitrogens with one attached hydrogen (secondary N) is 1. The molecule has 0 unspecified atom stereocenters. The van der Waals surface area contributed by atoms with E-state index >= 15 is 0 Å². The summed E-state index contributed by atoms with van der Waals surface area (Å²) in [7, 11) is -3.42. The van der Waals surface area contributed by atoms with Crippen molar-refractivity contribution in [1.29, 1.82) is 0 Å². The summed E-state index contributed by atoms with van der Waals surface area (Å²) in [4.78, 5) is 18.4. The quantitative estimate of drug-likeness (QED) is 0.587. The third-order valence-corrected chi connectivity index (χ3v) is 5.31. The molecule has 1 N–H and O–H groups in total. The van der Waals surface area contributed by atoms with E-state index in [2.05, 4.69) is 14.1 Å². The highest BCUT2D eigenvalue weighted by Crippen LogP contribution is 2.25. The highest BCUT2D eigenvalue weighted by Gasteiger charge is 2.09. The molecule has 26 heavy (non-hydrogen) atoms. The Morgan fingerprint density at radius 2 is 1.85 bits per heavy atom. The van der Waals surface area contributed by atoms with Crippen molar-refractivity contribution >= 4 is 48.9 Å². The first kappa shape index (κ1) is 16.6. The lowest BCUT2D eigenvalue weighted by Crippen LogP contribution is -2.10. The second-order valence-corrected chi connectivity index (χ2v) is 8.45. The maximum Gasteiger partial charge on any atom is 0.229 e. The molecule has 0 atom stereocenters. The topological polar surface area (TPSA) is 89.0 Å². The number of rotatable bonds is 3. The van der Waals surface area contributed by atoms with Gasteiger partial charge in [0.2, 0.25) is 10.0 Å². The molecule has 2 aromatic heterocycles. The van der Waals surface area contributed by atoms with Crippen LogP contribution in [0.25, 0.3) is 32.1 Å². The van der Waals surface area contributed by atoms with Crippen LogP contribution in [0.1, 0.15) is 0 Å². The van der Waals surface area contributed by atoms with E-state index in [1.807, 2.05) is 12.1 Å². The number of fused-ring (bicyclic) bond motifs is 2. The fourth-order valence-electron chi connectivity index (χ4n) is 2.78. The Kier molecular flexibility index (Phi) is 3.93. The highest BCUT2D eigenvalue weighted by molar-refractivity contribution is 7.92. The summed E-state index contributed by atoms with van der Waals surface area (Å²) < 4.78 is 29.4. The molecule has 8 heteroatoms. The number of benzene rings is 1. The molecular formula is C18H13N3O3S2. The standard InChI is InChI=1S/C18H13N3O3S2/c1-26(23,24)21-13-4-2-11-3-5-16-15(18(22)14(11)9-13)8-12(10-19-16)17-6-7-20-25-17/h2-10,21H,1H3. The molecule has 0 fully saturated rings. The van der Waals surface area contributed by atoms with Gasteiger partial charge in [-0.1, -0.05) is 12.1 Å². The van der Waals surface area contributed by atoms with Crippen molar-refractivity contribution in [1.82, 2.24) is 9.36 Å². The summed E-state index contributed by atoms with van der Waals surface area (Å²) in [6.07, 6.45) is 4.49. The molecule has 2 heterocycles. The third kappa shape index (κ3) is 3.16. The van der Waals surface area contributed by atoms with Crippen LogP contribution in [0.5, 0.6) is 0 Å². The van der Waals surface area contributed by atoms with Crippen LogP contribution in [0, 0.1) is 0 Å². The van der Waals surface area contributed by atoms with E-state index in [1.54, 1.807) is 42.7 Å². The molecule has 4 aromatic rings. The molecule has 0 saturated heterocycles. The zero-order chi connectivity index (χ0) is 18.3. The van der Waals surface area contributed by atoms with Crippen molar-refractivity contribution in [3.63, 3.8) is 0 Å². The average molecular weight is 383 g/mol. The van der Waals surface area contributed by atoms with Gasteiger partial charge >= 0.3 is 0 Å². The predicted molar refractivity (Wildman–Crippen MR) is 105 cm³/mol. The summed E-state index contributed by atoms with van der Waals surface area (Å²) >= 11 is 1.33. The molecule has 0 aliphatic heterocycles. The summed E-state index contributed by atoms with van der Waals surface area (Å²) in [5.74, 6) is 0. The van der Waals surface area contributed by atoms with Crippen LogP contribution < -0.4 is 10.2 Å². The second-order valence-electron chi connectivity index (χ2n) is 5.87. The van der Waals surface area contributed by atoms with Crippen molar-refractivity contribution < 1.29 is 8.42 Å². The minimum Gasteiger partial charge on any atom is -0.289 e. The van der Waals surface area contributed by atoms with E-state index in [9.17, 15) is 13.2 Å². The first-order valence-electron chi connectivity index (χ1n) is 7.66. The molecule has 0 aliphatic carbocycles. The summed E-state index contributed by atoms with van der Waals surface area (Å²) in [5.41, 5.74) is 1.55. The lowest BCUT2D eigenvalue weighted by atomic mass is 10.1. The Morgan fingerprint density at radius 1 is 1.04 bits per heavy atom. The zero-order valence-electron chi connectivity index (χ0n) is 13.6. The van der Waals surface area contributed by atoms with Gasteiger partial charge < -0.3 is 0 Å². The van der Waals surface area contributed by atoms with Gasteiger partial charge in [0.05, 0.1) is 16.6 Å². The Hall–Kier alpha value is -2.84. The van der Waals surface area contributed by atoms with Gasteiger partial charge in [-0.15, -0.1) is 0 Å². The van der Waals surface area contributed by atoms with Crippen LogP contribution in [0.15, 0.2) is 59.7 Å². The molecule has 0 aliphatic rings. The minimum atomic E-state index is -3.42. The van der Waals surface area contributed by atoms with Crippen molar-refractivity contribution in [2.45, 2.75) is 0 Å². The van der Waals surface area contributed by atoms with Crippen molar-refractivity contribution in [2.24, 2.45) is 0 Å². The normalized spacial score (nSPS) is 11.7. The number of hydrogen-bond acceptors (Lipinski definition) is 6. The molecule has 0 amide bonds. The van der Waals surface area contributed by atoms with Gasteiger partial charge in [-0.3, -0.25) is 14.5 Å². The van der Waals surface area contributed by atoms with E-state index in [0.717, 1.165) is 16.7 Å². The van der Waals surface area contributed by atoms with E-state index < -0.39 is 10.0 Å². The van der Waals surface area contributed by atoms with Crippen LogP contribution in [0.3, 0.4) is 0 Å². The summed E-state index contributed by atoms with van der Waals surface area (Å²) in [6.45, 7) is 0. The maximum atomic E-state index is 13.1. The molecule has 4 rings (SSSR count). The van der Waals surface area contributed by atoms with Gasteiger partial charge in [-0.05, 0) is 47.3 Å². The molecule has 0 spiro atoms. The molecule has 0 bridgehead atoms. The lowest BCUT2D eigenvalue weighted by Gasteiger charge is -2.03. The fourth-order valence-corrected chi connectivity index (χ4v) is 3.91. The van der Waals surface area contributed by atoms with E-state index in [4.69, 9.17) is 0 Å². The molecule has 2 aromatic carbocycles. The number of pyridine rings is 1. The first-order chi connectivity index (χ1) is 12.4. The highest BCUT2D eigenvalue weighted by atomic mass is 32.2. The molecule has 130 valence electrons. The van der Waals surface area contributed by atoms with E-state index in [0.29, 0.717) is 27.4 Å². The van der Waals surface area contributed by atoms with Crippen LogP contribution in [-0.4, -0.2) is 24.0 Å². The van der Waals surface area contributed by atoms with E-state index in [1.165, 1.54) is 11.5 Å². The smallest absolute Gasteiger partial charge is 0.229 e.